The number of hydrogen-bond acceptors (Lipinski definition) is 6. The van der Waals surface area contributed by atoms with E-state index in [0.717, 1.165) is 0 Å². The molecule has 1 aliphatic heterocycles. The van der Waals surface area contributed by atoms with E-state index in [-0.39, 0.29) is 30.3 Å². The van der Waals surface area contributed by atoms with Crippen LogP contribution in [-0.2, 0) is 9.59 Å². The summed E-state index contributed by atoms with van der Waals surface area (Å²) in [6.45, 7) is 0.0285. The molecule has 1 fully saturated rings. The number of carbonyl (C=O) groups excluding carboxylic acids is 2. The molecular weight excluding hydrogens is 270 g/mol. The molecule has 19 heavy (non-hydrogen) atoms. The van der Waals surface area contributed by atoms with Crippen molar-refractivity contribution in [2.75, 3.05) is 11.4 Å². The van der Waals surface area contributed by atoms with Gasteiger partial charge < -0.3 is 0 Å². The summed E-state index contributed by atoms with van der Waals surface area (Å²) in [5.74, 6) is -0.422. The summed E-state index contributed by atoms with van der Waals surface area (Å²) >= 11 is 1.17. The fourth-order valence-electron chi connectivity index (χ4n) is 1.89. The van der Waals surface area contributed by atoms with Crippen molar-refractivity contribution < 1.29 is 14.5 Å². The van der Waals surface area contributed by atoms with E-state index in [1.807, 2.05) is 0 Å². The molecule has 1 saturated heterocycles. The van der Waals surface area contributed by atoms with Crippen LogP contribution in [0.3, 0.4) is 0 Å². The van der Waals surface area contributed by atoms with Gasteiger partial charge in [-0.1, -0.05) is 11.3 Å². The number of aromatic nitrogens is 1. The highest BCUT2D eigenvalue weighted by atomic mass is 32.1. The van der Waals surface area contributed by atoms with Crippen molar-refractivity contribution in [1.29, 1.82) is 0 Å². The van der Waals surface area contributed by atoms with Crippen molar-refractivity contribution in [3.05, 3.63) is 28.3 Å². The lowest BCUT2D eigenvalue weighted by molar-refractivity contribution is -0.384. The highest BCUT2D eigenvalue weighted by Gasteiger charge is 2.30. The molecule has 0 radical (unpaired) electrons. The number of thiazole rings is 1. The fraction of sp³-hybridized carbons (Fsp3) is 0.182. The summed E-state index contributed by atoms with van der Waals surface area (Å²) in [7, 11) is 0. The van der Waals surface area contributed by atoms with E-state index in [1.54, 1.807) is 0 Å². The van der Waals surface area contributed by atoms with Gasteiger partial charge in [0, 0.05) is 12.1 Å². The summed E-state index contributed by atoms with van der Waals surface area (Å²) in [6.07, 6.45) is -0.101. The van der Waals surface area contributed by atoms with Crippen LogP contribution >= 0.6 is 11.3 Å². The van der Waals surface area contributed by atoms with Crippen LogP contribution in [0.15, 0.2) is 18.2 Å². The highest BCUT2D eigenvalue weighted by Crippen LogP contribution is 2.32. The third-order valence-electron chi connectivity index (χ3n) is 2.79. The highest BCUT2D eigenvalue weighted by molar-refractivity contribution is 7.22. The lowest BCUT2D eigenvalue weighted by atomic mass is 10.3. The first-order chi connectivity index (χ1) is 9.04. The van der Waals surface area contributed by atoms with E-state index in [1.165, 1.54) is 34.4 Å². The monoisotopic (exact) mass is 277 g/mol. The van der Waals surface area contributed by atoms with Crippen molar-refractivity contribution in [3.63, 3.8) is 0 Å². The number of fused-ring (bicyclic) bond motifs is 1. The molecule has 1 amide bonds. The minimum atomic E-state index is -0.483. The second kappa shape index (κ2) is 4.09. The van der Waals surface area contributed by atoms with Gasteiger partial charge in [-0.15, -0.1) is 0 Å². The molecule has 0 unspecified atom stereocenters. The molecular formula is C11H7N3O4S. The number of hydrogen-bond donors (Lipinski definition) is 0. The number of rotatable bonds is 2. The predicted molar refractivity (Wildman–Crippen MR) is 68.3 cm³/mol. The smallest absolute Gasteiger partial charge is 0.270 e. The lowest BCUT2D eigenvalue weighted by Crippen LogP contribution is -2.24. The topological polar surface area (TPSA) is 93.4 Å². The molecule has 0 aliphatic carbocycles. The Labute approximate surface area is 110 Å². The second-order valence-electron chi connectivity index (χ2n) is 4.10. The van der Waals surface area contributed by atoms with E-state index in [4.69, 9.17) is 0 Å². The van der Waals surface area contributed by atoms with E-state index in [2.05, 4.69) is 4.98 Å². The number of non-ortho nitro benzene ring substituents is 1. The Kier molecular flexibility index (Phi) is 2.53. The van der Waals surface area contributed by atoms with Gasteiger partial charge in [0.2, 0.25) is 5.91 Å². The van der Waals surface area contributed by atoms with Crippen LogP contribution in [0.4, 0.5) is 10.8 Å². The molecule has 96 valence electrons. The number of anilines is 1. The van der Waals surface area contributed by atoms with Crippen LogP contribution in [-0.4, -0.2) is 28.1 Å². The quantitative estimate of drug-likeness (QED) is 0.471. The maximum atomic E-state index is 11.6. The SMILES string of the molecule is O=C1CC(=O)N(c2nc3ccc([N+](=O)[O-])cc3s2)C1. The van der Waals surface area contributed by atoms with Gasteiger partial charge in [0.25, 0.3) is 5.69 Å². The third kappa shape index (κ3) is 1.95. The largest absolute Gasteiger partial charge is 0.297 e. The van der Waals surface area contributed by atoms with Gasteiger partial charge in [-0.25, -0.2) is 4.98 Å². The Hall–Kier alpha value is -2.35. The molecule has 0 atom stereocenters. The van der Waals surface area contributed by atoms with E-state index < -0.39 is 4.92 Å². The van der Waals surface area contributed by atoms with Crippen molar-refractivity contribution in [2.24, 2.45) is 0 Å². The van der Waals surface area contributed by atoms with Crippen LogP contribution in [0, 0.1) is 10.1 Å². The van der Waals surface area contributed by atoms with Gasteiger partial charge in [-0.05, 0) is 6.07 Å². The molecule has 0 N–H and O–H groups in total. The van der Waals surface area contributed by atoms with Crippen molar-refractivity contribution in [2.45, 2.75) is 6.42 Å². The molecule has 1 aliphatic rings. The van der Waals surface area contributed by atoms with Crippen LogP contribution in [0.25, 0.3) is 10.2 Å². The summed E-state index contributed by atoms with van der Waals surface area (Å²) < 4.78 is 0.622. The average Bonchev–Trinajstić information content (AvgIpc) is 2.90. The van der Waals surface area contributed by atoms with E-state index >= 15 is 0 Å². The van der Waals surface area contributed by atoms with Gasteiger partial charge in [-0.2, -0.15) is 0 Å². The molecule has 7 nitrogen and oxygen atoms in total. The zero-order valence-electron chi connectivity index (χ0n) is 9.53. The van der Waals surface area contributed by atoms with Crippen LogP contribution in [0.1, 0.15) is 6.42 Å². The number of Topliss-reactive ketones (excluding diaryl/α,β-unsaturated/α-hetero) is 1. The average molecular weight is 277 g/mol. The van der Waals surface area contributed by atoms with Crippen LogP contribution in [0.2, 0.25) is 0 Å². The predicted octanol–water partition coefficient (Wildman–Crippen LogP) is 1.51. The molecule has 2 aromatic rings. The number of amides is 1. The van der Waals surface area contributed by atoms with Gasteiger partial charge >= 0.3 is 0 Å². The summed E-state index contributed by atoms with van der Waals surface area (Å²) in [5.41, 5.74) is 0.560. The number of carbonyl (C=O) groups is 2. The normalized spacial score (nSPS) is 15.5. The molecule has 8 heteroatoms. The maximum Gasteiger partial charge on any atom is 0.270 e. The van der Waals surface area contributed by atoms with Gasteiger partial charge in [-0.3, -0.25) is 24.6 Å². The Balaban J connectivity index is 2.04. The number of benzene rings is 1. The molecule has 0 bridgehead atoms. The Bertz CT molecular complexity index is 724. The van der Waals surface area contributed by atoms with E-state index in [9.17, 15) is 19.7 Å². The Morgan fingerprint density at radius 1 is 1.37 bits per heavy atom. The molecule has 1 aromatic heterocycles. The number of nitro groups is 1. The Morgan fingerprint density at radius 3 is 2.79 bits per heavy atom. The third-order valence-corrected chi connectivity index (χ3v) is 3.83. The molecule has 3 rings (SSSR count). The van der Waals surface area contributed by atoms with Gasteiger partial charge in [0.05, 0.1) is 28.1 Å². The zero-order valence-corrected chi connectivity index (χ0v) is 10.3. The van der Waals surface area contributed by atoms with Crippen molar-refractivity contribution >= 4 is 44.1 Å². The van der Waals surface area contributed by atoms with Crippen molar-refractivity contribution in [1.82, 2.24) is 4.98 Å². The number of nitrogens with zero attached hydrogens (tertiary/aromatic N) is 3. The minimum absolute atomic E-state index is 0.0217. The Morgan fingerprint density at radius 2 is 2.16 bits per heavy atom. The fourth-order valence-corrected chi connectivity index (χ4v) is 2.90. The van der Waals surface area contributed by atoms with E-state index in [0.29, 0.717) is 15.3 Å². The van der Waals surface area contributed by atoms with Gasteiger partial charge in [0.1, 0.15) is 0 Å². The standard InChI is InChI=1S/C11H7N3O4S/c15-7-4-10(16)13(5-7)11-12-8-2-1-6(14(17)18)3-9(8)19-11/h1-3H,4-5H2. The first kappa shape index (κ1) is 11.7. The molecule has 0 saturated carbocycles. The molecule has 0 spiro atoms. The zero-order chi connectivity index (χ0) is 13.6. The summed E-state index contributed by atoms with van der Waals surface area (Å²) in [5, 5.41) is 11.1. The van der Waals surface area contributed by atoms with Crippen molar-refractivity contribution in [3.8, 4) is 0 Å². The maximum absolute atomic E-state index is 11.6. The first-order valence-corrected chi connectivity index (χ1v) is 6.23. The minimum Gasteiger partial charge on any atom is -0.297 e. The van der Waals surface area contributed by atoms with Crippen LogP contribution < -0.4 is 4.90 Å². The first-order valence-electron chi connectivity index (χ1n) is 5.41. The second-order valence-corrected chi connectivity index (χ2v) is 5.11. The summed E-state index contributed by atoms with van der Waals surface area (Å²) in [6, 6.07) is 4.32. The van der Waals surface area contributed by atoms with Gasteiger partial charge in [0.15, 0.2) is 10.9 Å². The number of ketones is 1. The molecule has 2 heterocycles. The lowest BCUT2D eigenvalue weighted by Gasteiger charge is -2.08. The molecule has 1 aromatic carbocycles. The number of nitro benzene ring substituents is 1. The summed E-state index contributed by atoms with van der Waals surface area (Å²) in [4.78, 5) is 38.6. The van der Waals surface area contributed by atoms with Crippen LogP contribution in [0.5, 0.6) is 0 Å².